The normalized spacial score (nSPS) is 13.0. The van der Waals surface area contributed by atoms with Crippen LogP contribution in [0.2, 0.25) is 5.02 Å². The first kappa shape index (κ1) is 20.2. The maximum atomic E-state index is 13.0. The van der Waals surface area contributed by atoms with Gasteiger partial charge in [-0.05, 0) is 47.7 Å². The van der Waals surface area contributed by atoms with Crippen molar-refractivity contribution < 1.29 is 13.2 Å². The molecule has 0 aromatic heterocycles. The molecule has 0 amide bonds. The highest BCUT2D eigenvalue weighted by molar-refractivity contribution is 9.10. The summed E-state index contributed by atoms with van der Waals surface area (Å²) in [6.07, 6.45) is 0. The Morgan fingerprint density at radius 1 is 1.24 bits per heavy atom. The molecule has 0 heterocycles. The minimum atomic E-state index is -3.86. The first-order valence-electron chi connectivity index (χ1n) is 7.49. The number of ether oxygens (including phenoxy) is 1. The predicted molar refractivity (Wildman–Crippen MR) is 104 cm³/mol. The number of hydrogen-bond donors (Lipinski definition) is 1. The molecule has 2 aromatic carbocycles. The van der Waals surface area contributed by atoms with Gasteiger partial charge in [-0.25, -0.2) is 13.1 Å². The summed E-state index contributed by atoms with van der Waals surface area (Å²) in [6, 6.07) is 12.0. The van der Waals surface area contributed by atoms with Gasteiger partial charge in [-0.2, -0.15) is 0 Å². The van der Waals surface area contributed by atoms with E-state index in [1.54, 1.807) is 6.07 Å². The number of nitrogens with one attached hydrogen (secondary N) is 1. The van der Waals surface area contributed by atoms with Gasteiger partial charge in [0.1, 0.15) is 4.90 Å². The van der Waals surface area contributed by atoms with Crippen molar-refractivity contribution in [1.82, 2.24) is 9.62 Å². The maximum absolute atomic E-state index is 13.0. The summed E-state index contributed by atoms with van der Waals surface area (Å²) in [5.41, 5.74) is 0.875. The van der Waals surface area contributed by atoms with Gasteiger partial charge in [0.2, 0.25) is 10.0 Å². The quantitative estimate of drug-likeness (QED) is 0.703. The van der Waals surface area contributed by atoms with Gasteiger partial charge >= 0.3 is 0 Å². The van der Waals surface area contributed by atoms with Gasteiger partial charge in [-0.15, -0.1) is 0 Å². The lowest BCUT2D eigenvalue weighted by Gasteiger charge is -2.23. The van der Waals surface area contributed by atoms with Crippen LogP contribution < -0.4 is 9.46 Å². The van der Waals surface area contributed by atoms with Gasteiger partial charge in [-0.3, -0.25) is 0 Å². The van der Waals surface area contributed by atoms with E-state index in [2.05, 4.69) is 20.7 Å². The van der Waals surface area contributed by atoms with E-state index in [-0.39, 0.29) is 10.6 Å². The maximum Gasteiger partial charge on any atom is 0.244 e. The molecule has 2 aromatic rings. The third-order valence-corrected chi connectivity index (χ3v) is 5.80. The number of rotatable bonds is 7. The first-order chi connectivity index (χ1) is 11.7. The summed E-state index contributed by atoms with van der Waals surface area (Å²) in [7, 11) is 1.34. The molecule has 136 valence electrons. The van der Waals surface area contributed by atoms with Crippen LogP contribution >= 0.6 is 27.5 Å². The molecule has 25 heavy (non-hydrogen) atoms. The molecule has 0 spiro atoms. The fraction of sp³-hybridized carbons (Fsp3) is 0.294. The number of benzene rings is 2. The van der Waals surface area contributed by atoms with E-state index in [1.165, 1.54) is 13.2 Å². The van der Waals surface area contributed by atoms with E-state index in [1.807, 2.05) is 49.3 Å². The third kappa shape index (κ3) is 5.18. The fourth-order valence-electron chi connectivity index (χ4n) is 2.45. The lowest BCUT2D eigenvalue weighted by molar-refractivity contribution is 0.362. The SMILES string of the molecule is COc1c(Br)cc(Cl)cc1S(=O)(=O)NC(CN(C)C)c1ccccc1. The Balaban J connectivity index is 2.45. The molecule has 0 saturated carbocycles. The largest absolute Gasteiger partial charge is 0.494 e. The Hall–Kier alpha value is -1.12. The number of nitrogens with zero attached hydrogens (tertiary/aromatic N) is 1. The van der Waals surface area contributed by atoms with Crippen LogP contribution in [0.25, 0.3) is 0 Å². The predicted octanol–water partition coefficient (Wildman–Crippen LogP) is 3.69. The van der Waals surface area contributed by atoms with Gasteiger partial charge in [0.05, 0.1) is 17.6 Å². The third-order valence-electron chi connectivity index (χ3n) is 3.52. The second-order valence-corrected chi connectivity index (χ2v) is 8.74. The molecule has 0 fully saturated rings. The summed E-state index contributed by atoms with van der Waals surface area (Å²) >= 11 is 9.33. The average molecular weight is 448 g/mol. The lowest BCUT2D eigenvalue weighted by atomic mass is 10.1. The summed E-state index contributed by atoms with van der Waals surface area (Å²) < 4.78 is 34.5. The van der Waals surface area contributed by atoms with Gasteiger partial charge in [0.15, 0.2) is 5.75 Å². The van der Waals surface area contributed by atoms with Crippen molar-refractivity contribution in [2.75, 3.05) is 27.7 Å². The second kappa shape index (κ2) is 8.51. The molecule has 0 aliphatic heterocycles. The standard InChI is InChI=1S/C17H20BrClN2O3S/c1-21(2)11-15(12-7-5-4-6-8-12)20-25(22,23)16-10-13(19)9-14(18)17(16)24-3/h4-10,15,20H,11H2,1-3H3. The molecule has 0 aliphatic rings. The average Bonchev–Trinajstić information content (AvgIpc) is 2.54. The smallest absolute Gasteiger partial charge is 0.244 e. The Bertz CT molecular complexity index is 829. The van der Waals surface area contributed by atoms with E-state index >= 15 is 0 Å². The molecule has 0 bridgehead atoms. The Kier molecular flexibility index (Phi) is 6.87. The van der Waals surface area contributed by atoms with Crippen molar-refractivity contribution in [3.63, 3.8) is 0 Å². The molecule has 0 radical (unpaired) electrons. The van der Waals surface area contributed by atoms with Crippen LogP contribution in [0.3, 0.4) is 0 Å². The summed E-state index contributed by atoms with van der Waals surface area (Å²) in [4.78, 5) is 1.92. The van der Waals surface area contributed by atoms with E-state index in [0.717, 1.165) is 5.56 Å². The summed E-state index contributed by atoms with van der Waals surface area (Å²) in [5.74, 6) is 0.216. The van der Waals surface area contributed by atoms with E-state index in [0.29, 0.717) is 16.0 Å². The summed E-state index contributed by atoms with van der Waals surface area (Å²) in [6.45, 7) is 0.507. The Labute approximate surface area is 162 Å². The van der Waals surface area contributed by atoms with Gasteiger partial charge in [0, 0.05) is 11.6 Å². The minimum Gasteiger partial charge on any atom is -0.494 e. The molecule has 0 aliphatic carbocycles. The van der Waals surface area contributed by atoms with Crippen molar-refractivity contribution in [3.8, 4) is 5.75 Å². The van der Waals surface area contributed by atoms with Crippen LogP contribution in [-0.4, -0.2) is 41.1 Å². The van der Waals surface area contributed by atoms with E-state index in [9.17, 15) is 8.42 Å². The molecular weight excluding hydrogens is 428 g/mol. The number of halogens is 2. The monoisotopic (exact) mass is 446 g/mol. The topological polar surface area (TPSA) is 58.6 Å². The van der Waals surface area contributed by atoms with Crippen LogP contribution in [0, 0.1) is 0 Å². The zero-order valence-electron chi connectivity index (χ0n) is 14.2. The molecule has 0 saturated heterocycles. The first-order valence-corrected chi connectivity index (χ1v) is 10.1. The molecule has 2 rings (SSSR count). The highest BCUT2D eigenvalue weighted by Crippen LogP contribution is 2.35. The van der Waals surface area contributed by atoms with Gasteiger partial charge < -0.3 is 9.64 Å². The number of sulfonamides is 1. The van der Waals surface area contributed by atoms with Crippen LogP contribution in [0.15, 0.2) is 51.8 Å². The molecule has 8 heteroatoms. The van der Waals surface area contributed by atoms with Crippen LogP contribution in [0.5, 0.6) is 5.75 Å². The molecule has 1 unspecified atom stereocenters. The second-order valence-electron chi connectivity index (χ2n) is 5.77. The van der Waals surface area contributed by atoms with Crippen LogP contribution in [0.4, 0.5) is 0 Å². The van der Waals surface area contributed by atoms with E-state index < -0.39 is 16.1 Å². The van der Waals surface area contributed by atoms with Gasteiger partial charge in [-0.1, -0.05) is 41.9 Å². The number of methoxy groups -OCH3 is 1. The Morgan fingerprint density at radius 2 is 1.88 bits per heavy atom. The van der Waals surface area contributed by atoms with E-state index in [4.69, 9.17) is 16.3 Å². The number of hydrogen-bond acceptors (Lipinski definition) is 4. The minimum absolute atomic E-state index is 0.00550. The van der Waals surface area contributed by atoms with Gasteiger partial charge in [0.25, 0.3) is 0 Å². The van der Waals surface area contributed by atoms with Crippen LogP contribution in [0.1, 0.15) is 11.6 Å². The van der Waals surface area contributed by atoms with Crippen molar-refractivity contribution in [3.05, 3.63) is 57.5 Å². The summed E-state index contributed by atoms with van der Waals surface area (Å²) in [5, 5.41) is 0.303. The molecule has 1 N–H and O–H groups in total. The van der Waals surface area contributed by atoms with Crippen molar-refractivity contribution >= 4 is 37.6 Å². The lowest BCUT2D eigenvalue weighted by Crippen LogP contribution is -2.35. The van der Waals surface area contributed by atoms with Crippen molar-refractivity contribution in [2.45, 2.75) is 10.9 Å². The fourth-order valence-corrected chi connectivity index (χ4v) is 5.05. The Morgan fingerprint density at radius 3 is 2.44 bits per heavy atom. The zero-order chi connectivity index (χ0) is 18.6. The number of likely N-dealkylation sites (N-methyl/N-ethyl adjacent to an activating group) is 1. The molecular formula is C17H20BrClN2O3S. The zero-order valence-corrected chi connectivity index (χ0v) is 17.3. The highest BCUT2D eigenvalue weighted by Gasteiger charge is 2.26. The van der Waals surface area contributed by atoms with Crippen LogP contribution in [-0.2, 0) is 10.0 Å². The highest BCUT2D eigenvalue weighted by atomic mass is 79.9. The van der Waals surface area contributed by atoms with Crippen molar-refractivity contribution in [2.24, 2.45) is 0 Å². The van der Waals surface area contributed by atoms with Crippen molar-refractivity contribution in [1.29, 1.82) is 0 Å². The molecule has 5 nitrogen and oxygen atoms in total. The molecule has 1 atom stereocenters.